The van der Waals surface area contributed by atoms with Crippen molar-refractivity contribution >= 4 is 61.8 Å². The van der Waals surface area contributed by atoms with Crippen molar-refractivity contribution in [3.8, 4) is 23.0 Å². The Morgan fingerprint density at radius 2 is 1.26 bits per heavy atom. The Bertz CT molecular complexity index is 2830. The number of rotatable bonds is 28. The minimum absolute atomic E-state index is 0.00568. The molecule has 0 spiro atoms. The van der Waals surface area contributed by atoms with E-state index in [1.54, 1.807) is 27.4 Å². The Balaban J connectivity index is 1.00. The quantitative estimate of drug-likeness (QED) is 0.0376. The maximum atomic E-state index is 14.4. The molecule has 0 saturated heterocycles. The highest BCUT2D eigenvalue weighted by atomic mass is 33.1. The Labute approximate surface area is 462 Å². The fourth-order valence-electron chi connectivity index (χ4n) is 10.7. The van der Waals surface area contributed by atoms with Crippen LogP contribution in [0.3, 0.4) is 0 Å². The molecule has 77 heavy (non-hydrogen) atoms. The third-order valence-electron chi connectivity index (χ3n) is 14.3. The fourth-order valence-corrected chi connectivity index (χ4v) is 13.2. The minimum Gasteiger partial charge on any atom is -0.493 e. The molecular formula is C60H75N5O10S2. The van der Waals surface area contributed by atoms with E-state index in [9.17, 15) is 9.59 Å². The van der Waals surface area contributed by atoms with E-state index in [2.05, 4.69) is 66.2 Å². The van der Waals surface area contributed by atoms with Gasteiger partial charge in [0.25, 0.3) is 11.8 Å². The van der Waals surface area contributed by atoms with Gasteiger partial charge in [-0.2, -0.15) is 0 Å². The van der Waals surface area contributed by atoms with Gasteiger partial charge in [0.2, 0.25) is 0 Å². The number of likely N-dealkylation sites (N-methyl/N-ethyl adjacent to an activating group) is 1. The van der Waals surface area contributed by atoms with Gasteiger partial charge in [-0.1, -0.05) is 64.9 Å². The van der Waals surface area contributed by atoms with Crippen LogP contribution in [0.4, 0.5) is 28.4 Å². The molecule has 0 bridgehead atoms. The van der Waals surface area contributed by atoms with E-state index < -0.39 is 0 Å². The number of methoxy groups -OCH3 is 3. The van der Waals surface area contributed by atoms with Crippen LogP contribution in [0, 0.1) is 0 Å². The molecule has 15 nitrogen and oxygen atoms in total. The zero-order chi connectivity index (χ0) is 53.9. The van der Waals surface area contributed by atoms with Gasteiger partial charge in [0.1, 0.15) is 13.2 Å². The monoisotopic (exact) mass is 1090 g/mol. The summed E-state index contributed by atoms with van der Waals surface area (Å²) >= 11 is 0. The summed E-state index contributed by atoms with van der Waals surface area (Å²) in [5.41, 5.74) is 9.66. The van der Waals surface area contributed by atoms with Crippen LogP contribution in [0.1, 0.15) is 76.6 Å². The third kappa shape index (κ3) is 13.4. The first-order valence-electron chi connectivity index (χ1n) is 26.9. The van der Waals surface area contributed by atoms with Crippen LogP contribution in [-0.2, 0) is 45.0 Å². The largest absolute Gasteiger partial charge is 0.493 e. The van der Waals surface area contributed by atoms with E-state index in [1.807, 2.05) is 93.0 Å². The summed E-state index contributed by atoms with van der Waals surface area (Å²) in [6, 6.07) is 30.2. The molecule has 0 aliphatic carbocycles. The Kier molecular flexibility index (Phi) is 19.0. The predicted molar refractivity (Wildman–Crippen MR) is 310 cm³/mol. The lowest BCUT2D eigenvalue weighted by Gasteiger charge is -2.34. The molecule has 2 amide bonds. The summed E-state index contributed by atoms with van der Waals surface area (Å²) in [7, 11) is 10.7. The van der Waals surface area contributed by atoms with Gasteiger partial charge in [0.05, 0.1) is 81.8 Å². The number of nitrogens with one attached hydrogen (secondary N) is 1. The first-order valence-corrected chi connectivity index (χ1v) is 29.2. The van der Waals surface area contributed by atoms with Gasteiger partial charge < -0.3 is 62.8 Å². The lowest BCUT2D eigenvalue weighted by molar-refractivity contribution is 0.0264. The standard InChI is InChI=1S/C60H75N5O10S2/c1-8-19-71-20-13-26-76-77-60(2,3)40-63(18-21-72-24-25-73-23-22-68-5)45-28-41(38-74-56-34-50-48(32-54(56)69-6)58(66)64-46(36-61-50)30-43-14-9-11-16-51(43)64)27-42(29-45)39-75-57-35-53-49(33-55(57)70-7)59(67)65-47(37-62(53)4)31-44-15-10-12-17-52(44)65/h9-12,14-17,27-29,32-35,46-47,61H,8,13,18-26,30-31,36-40H2,1-7H3/t46-,47-/m0/s1. The molecular weight excluding hydrogens is 1010 g/mol. The molecule has 0 radical (unpaired) electrons. The second-order valence-corrected chi connectivity index (χ2v) is 23.6. The molecule has 4 heterocycles. The van der Waals surface area contributed by atoms with E-state index in [4.69, 9.17) is 37.9 Å². The molecule has 4 aliphatic heterocycles. The van der Waals surface area contributed by atoms with Crippen LogP contribution < -0.4 is 43.9 Å². The van der Waals surface area contributed by atoms with Gasteiger partial charge in [0, 0.05) is 93.2 Å². The highest BCUT2D eigenvalue weighted by Crippen LogP contribution is 2.44. The van der Waals surface area contributed by atoms with Crippen molar-refractivity contribution in [2.24, 2.45) is 0 Å². The summed E-state index contributed by atoms with van der Waals surface area (Å²) < 4.78 is 48.1. The van der Waals surface area contributed by atoms with E-state index in [-0.39, 0.29) is 41.9 Å². The number of hydrogen-bond acceptors (Lipinski definition) is 15. The molecule has 0 aromatic heterocycles. The molecule has 1 N–H and O–H groups in total. The second kappa shape index (κ2) is 26.2. The molecule has 5 aromatic rings. The minimum atomic E-state index is -0.159. The number of ether oxygens (including phenoxy) is 8. The zero-order valence-electron chi connectivity index (χ0n) is 45.7. The topological polar surface area (TPSA) is 133 Å². The van der Waals surface area contributed by atoms with Crippen molar-refractivity contribution in [1.82, 2.24) is 0 Å². The highest BCUT2D eigenvalue weighted by Gasteiger charge is 2.40. The molecule has 9 rings (SSSR count). The lowest BCUT2D eigenvalue weighted by Crippen LogP contribution is -2.41. The van der Waals surface area contributed by atoms with Gasteiger partial charge in [-0.15, -0.1) is 0 Å². The predicted octanol–water partition coefficient (Wildman–Crippen LogP) is 10.3. The maximum Gasteiger partial charge on any atom is 0.260 e. The van der Waals surface area contributed by atoms with Gasteiger partial charge >= 0.3 is 0 Å². The summed E-state index contributed by atoms with van der Waals surface area (Å²) in [5, 5.41) is 3.57. The summed E-state index contributed by atoms with van der Waals surface area (Å²) in [6.45, 7) is 13.7. The average Bonchev–Trinajstić information content (AvgIpc) is 4.02. The number of anilines is 5. The maximum absolute atomic E-state index is 14.4. The fraction of sp³-hybridized carbons (Fsp3) is 0.467. The Morgan fingerprint density at radius 3 is 1.94 bits per heavy atom. The second-order valence-electron chi connectivity index (χ2n) is 20.5. The molecule has 412 valence electrons. The van der Waals surface area contributed by atoms with Gasteiger partial charge in [-0.25, -0.2) is 0 Å². The molecule has 0 fully saturated rings. The van der Waals surface area contributed by atoms with Crippen LogP contribution in [0.2, 0.25) is 0 Å². The number of amides is 2. The number of carbonyl (C=O) groups excluding carboxylic acids is 2. The SMILES string of the molecule is CCCOCCCSSC(C)(C)CN(CCOCCOCCOC)c1cc(COc2cc3c(cc2OC)C(=O)N2c4ccccc4C[C@H]2CN3)cc(COc2cc3c(cc2OC)C(=O)N2c4ccccc4C[C@H]2CN3C)c1. The highest BCUT2D eigenvalue weighted by molar-refractivity contribution is 8.77. The van der Waals surface area contributed by atoms with Crippen molar-refractivity contribution in [3.05, 3.63) is 124 Å². The molecule has 0 unspecified atom stereocenters. The molecule has 4 aliphatic rings. The molecule has 17 heteroatoms. The first kappa shape index (κ1) is 55.9. The zero-order valence-corrected chi connectivity index (χ0v) is 47.4. The van der Waals surface area contributed by atoms with E-state index >= 15 is 0 Å². The Morgan fingerprint density at radius 1 is 0.662 bits per heavy atom. The number of para-hydroxylation sites is 2. The molecule has 2 atom stereocenters. The molecule has 0 saturated carbocycles. The number of fused-ring (bicyclic) bond motifs is 8. The number of nitrogens with zero attached hydrogens (tertiary/aromatic N) is 4. The van der Waals surface area contributed by atoms with Crippen LogP contribution in [0.5, 0.6) is 23.0 Å². The van der Waals surface area contributed by atoms with E-state index in [0.717, 1.165) is 85.1 Å². The van der Waals surface area contributed by atoms with Crippen molar-refractivity contribution in [2.75, 3.05) is 131 Å². The summed E-state index contributed by atoms with van der Waals surface area (Å²) in [4.78, 5) is 37.1. The normalized spacial score (nSPS) is 16.4. The van der Waals surface area contributed by atoms with Crippen molar-refractivity contribution in [3.63, 3.8) is 0 Å². The third-order valence-corrected chi connectivity index (χ3v) is 17.6. The summed E-state index contributed by atoms with van der Waals surface area (Å²) in [6.07, 6.45) is 3.59. The van der Waals surface area contributed by atoms with Crippen molar-refractivity contribution in [1.29, 1.82) is 0 Å². The smallest absolute Gasteiger partial charge is 0.260 e. The first-order chi connectivity index (χ1) is 37.5. The van der Waals surface area contributed by atoms with Gasteiger partial charge in [-0.3, -0.25) is 9.59 Å². The number of benzene rings is 5. The van der Waals surface area contributed by atoms with Crippen molar-refractivity contribution in [2.45, 2.75) is 76.5 Å². The van der Waals surface area contributed by atoms with Crippen LogP contribution in [0.25, 0.3) is 0 Å². The van der Waals surface area contributed by atoms with Crippen LogP contribution >= 0.6 is 21.6 Å². The number of carbonyl (C=O) groups is 2. The number of hydrogen-bond donors (Lipinski definition) is 1. The van der Waals surface area contributed by atoms with Crippen LogP contribution in [0.15, 0.2) is 91.0 Å². The summed E-state index contributed by atoms with van der Waals surface area (Å²) in [5.74, 6) is 2.86. The van der Waals surface area contributed by atoms with Crippen molar-refractivity contribution < 1.29 is 47.5 Å². The average molecular weight is 1090 g/mol. The van der Waals surface area contributed by atoms with E-state index in [0.29, 0.717) is 92.5 Å². The van der Waals surface area contributed by atoms with Gasteiger partial charge in [0.15, 0.2) is 23.0 Å². The Hall–Kier alpha value is -5.82. The van der Waals surface area contributed by atoms with Gasteiger partial charge in [-0.05, 0) is 104 Å². The van der Waals surface area contributed by atoms with Crippen LogP contribution in [-0.4, -0.2) is 135 Å². The molecule has 5 aromatic carbocycles. The van der Waals surface area contributed by atoms with E-state index in [1.165, 1.54) is 11.1 Å². The lowest BCUT2D eigenvalue weighted by atomic mass is 10.1.